The minimum Gasteiger partial charge on any atom is -0.465 e. The van der Waals surface area contributed by atoms with E-state index in [2.05, 4.69) is 0 Å². The van der Waals surface area contributed by atoms with Crippen LogP contribution in [0, 0.1) is 5.92 Å². The van der Waals surface area contributed by atoms with Gasteiger partial charge in [0.15, 0.2) is 0 Å². The second kappa shape index (κ2) is 2.35. The maximum Gasteiger partial charge on any atom is 0.307 e. The third kappa shape index (κ3) is 1.42. The summed E-state index contributed by atoms with van der Waals surface area (Å²) in [5.74, 6) is 0.156. The standard InChI is InChI=1S/C6H11NO2/c1-4-3-9-6(8)2-5(4)7/h4-5H,2-3,7H2,1H3. The lowest BCUT2D eigenvalue weighted by atomic mass is 9.99. The van der Waals surface area contributed by atoms with Crippen LogP contribution in [0.2, 0.25) is 0 Å². The van der Waals surface area contributed by atoms with Crippen LogP contribution in [-0.2, 0) is 9.53 Å². The molecule has 0 saturated carbocycles. The fourth-order valence-corrected chi connectivity index (χ4v) is 0.801. The van der Waals surface area contributed by atoms with E-state index in [1.54, 1.807) is 0 Å². The van der Waals surface area contributed by atoms with Gasteiger partial charge in [-0.2, -0.15) is 0 Å². The van der Waals surface area contributed by atoms with Crippen molar-refractivity contribution in [2.75, 3.05) is 6.61 Å². The van der Waals surface area contributed by atoms with E-state index in [9.17, 15) is 4.79 Å². The van der Waals surface area contributed by atoms with Crippen molar-refractivity contribution in [2.45, 2.75) is 19.4 Å². The summed E-state index contributed by atoms with van der Waals surface area (Å²) in [6.07, 6.45) is 0.376. The lowest BCUT2D eigenvalue weighted by Gasteiger charge is -2.23. The Morgan fingerprint density at radius 1 is 1.78 bits per heavy atom. The summed E-state index contributed by atoms with van der Waals surface area (Å²) in [5, 5.41) is 0. The number of rotatable bonds is 0. The molecule has 1 heterocycles. The zero-order valence-electron chi connectivity index (χ0n) is 5.46. The number of hydrogen-bond donors (Lipinski definition) is 1. The van der Waals surface area contributed by atoms with Crippen LogP contribution in [0.3, 0.4) is 0 Å². The first kappa shape index (κ1) is 6.55. The van der Waals surface area contributed by atoms with Crippen LogP contribution in [0.1, 0.15) is 13.3 Å². The Morgan fingerprint density at radius 3 is 2.89 bits per heavy atom. The molecular formula is C6H11NO2. The maximum absolute atomic E-state index is 10.5. The highest BCUT2D eigenvalue weighted by Gasteiger charge is 2.23. The summed E-state index contributed by atoms with van der Waals surface area (Å²) >= 11 is 0. The van der Waals surface area contributed by atoms with E-state index in [0.29, 0.717) is 18.9 Å². The van der Waals surface area contributed by atoms with Gasteiger partial charge < -0.3 is 10.5 Å². The Hall–Kier alpha value is -0.570. The number of ether oxygens (including phenoxy) is 1. The van der Waals surface area contributed by atoms with Gasteiger partial charge in [0.05, 0.1) is 13.0 Å². The summed E-state index contributed by atoms with van der Waals surface area (Å²) in [5.41, 5.74) is 5.57. The summed E-state index contributed by atoms with van der Waals surface area (Å²) in [6.45, 7) is 2.47. The van der Waals surface area contributed by atoms with Crippen LogP contribution in [0.4, 0.5) is 0 Å². The summed E-state index contributed by atoms with van der Waals surface area (Å²) in [7, 11) is 0. The molecule has 52 valence electrons. The predicted molar refractivity (Wildman–Crippen MR) is 32.7 cm³/mol. The molecule has 0 aliphatic carbocycles. The van der Waals surface area contributed by atoms with Crippen molar-refractivity contribution < 1.29 is 9.53 Å². The van der Waals surface area contributed by atoms with Gasteiger partial charge in [-0.1, -0.05) is 6.92 Å². The predicted octanol–water partition coefficient (Wildman–Crippen LogP) is -0.103. The van der Waals surface area contributed by atoms with E-state index in [1.807, 2.05) is 6.92 Å². The smallest absolute Gasteiger partial charge is 0.307 e. The molecule has 0 spiro atoms. The average Bonchev–Trinajstić information content (AvgIpc) is 1.80. The molecule has 2 atom stereocenters. The number of hydrogen-bond acceptors (Lipinski definition) is 3. The molecule has 2 N–H and O–H groups in total. The lowest BCUT2D eigenvalue weighted by Crippen LogP contribution is -2.39. The molecule has 1 saturated heterocycles. The van der Waals surface area contributed by atoms with Crippen molar-refractivity contribution in [3.8, 4) is 0 Å². The fourth-order valence-electron chi connectivity index (χ4n) is 0.801. The molecule has 0 aromatic heterocycles. The van der Waals surface area contributed by atoms with Gasteiger partial charge in [-0.3, -0.25) is 4.79 Å². The number of carbonyl (C=O) groups is 1. The molecule has 1 fully saturated rings. The Morgan fingerprint density at radius 2 is 2.44 bits per heavy atom. The molecule has 0 amide bonds. The molecular weight excluding hydrogens is 118 g/mol. The quantitative estimate of drug-likeness (QED) is 0.464. The summed E-state index contributed by atoms with van der Waals surface area (Å²) in [6, 6.07) is 0.00579. The van der Waals surface area contributed by atoms with Crippen LogP contribution >= 0.6 is 0 Å². The summed E-state index contributed by atoms with van der Waals surface area (Å²) in [4.78, 5) is 10.5. The van der Waals surface area contributed by atoms with Gasteiger partial charge in [0.1, 0.15) is 0 Å². The summed E-state index contributed by atoms with van der Waals surface area (Å²) < 4.78 is 4.74. The first-order valence-electron chi connectivity index (χ1n) is 3.11. The highest BCUT2D eigenvalue weighted by atomic mass is 16.5. The van der Waals surface area contributed by atoms with Gasteiger partial charge in [-0.25, -0.2) is 0 Å². The highest BCUT2D eigenvalue weighted by molar-refractivity contribution is 5.70. The molecule has 9 heavy (non-hydrogen) atoms. The minimum atomic E-state index is -0.166. The topological polar surface area (TPSA) is 52.3 Å². The molecule has 0 aromatic rings. The molecule has 0 bridgehead atoms. The fraction of sp³-hybridized carbons (Fsp3) is 0.833. The van der Waals surface area contributed by atoms with Crippen molar-refractivity contribution >= 4 is 5.97 Å². The molecule has 3 heteroatoms. The Balaban J connectivity index is 2.44. The van der Waals surface area contributed by atoms with Gasteiger partial charge in [0.25, 0.3) is 0 Å². The Kier molecular flexibility index (Phi) is 1.71. The Labute approximate surface area is 54.2 Å². The van der Waals surface area contributed by atoms with Crippen molar-refractivity contribution in [3.63, 3.8) is 0 Å². The monoisotopic (exact) mass is 129 g/mol. The van der Waals surface area contributed by atoms with Crippen LogP contribution in [-0.4, -0.2) is 18.6 Å². The normalized spacial score (nSPS) is 36.0. The maximum atomic E-state index is 10.5. The van der Waals surface area contributed by atoms with E-state index >= 15 is 0 Å². The Bertz CT molecular complexity index is 124. The van der Waals surface area contributed by atoms with Crippen molar-refractivity contribution in [1.29, 1.82) is 0 Å². The van der Waals surface area contributed by atoms with E-state index in [-0.39, 0.29) is 12.0 Å². The van der Waals surface area contributed by atoms with Gasteiger partial charge in [0.2, 0.25) is 0 Å². The van der Waals surface area contributed by atoms with Gasteiger partial charge in [-0.05, 0) is 0 Å². The first-order valence-corrected chi connectivity index (χ1v) is 3.11. The highest BCUT2D eigenvalue weighted by Crippen LogP contribution is 2.11. The molecule has 1 aliphatic rings. The average molecular weight is 129 g/mol. The SMILES string of the molecule is CC1COC(=O)CC1N. The minimum absolute atomic E-state index is 0.00579. The van der Waals surface area contributed by atoms with Crippen molar-refractivity contribution in [1.82, 2.24) is 0 Å². The van der Waals surface area contributed by atoms with Gasteiger partial charge in [0, 0.05) is 12.0 Å². The second-order valence-electron chi connectivity index (χ2n) is 2.53. The first-order chi connectivity index (χ1) is 4.20. The number of cyclic esters (lactones) is 1. The van der Waals surface area contributed by atoms with Gasteiger partial charge >= 0.3 is 5.97 Å². The number of nitrogens with two attached hydrogens (primary N) is 1. The zero-order chi connectivity index (χ0) is 6.85. The molecule has 0 radical (unpaired) electrons. The molecule has 1 rings (SSSR count). The van der Waals surface area contributed by atoms with Crippen LogP contribution in [0.25, 0.3) is 0 Å². The molecule has 2 unspecified atom stereocenters. The van der Waals surface area contributed by atoms with E-state index in [4.69, 9.17) is 10.5 Å². The molecule has 3 nitrogen and oxygen atoms in total. The van der Waals surface area contributed by atoms with E-state index < -0.39 is 0 Å². The lowest BCUT2D eigenvalue weighted by molar-refractivity contribution is -0.149. The van der Waals surface area contributed by atoms with E-state index in [0.717, 1.165) is 0 Å². The molecule has 0 aromatic carbocycles. The van der Waals surface area contributed by atoms with Crippen LogP contribution < -0.4 is 5.73 Å². The van der Waals surface area contributed by atoms with E-state index in [1.165, 1.54) is 0 Å². The molecule has 1 aliphatic heterocycles. The number of esters is 1. The number of carbonyl (C=O) groups excluding carboxylic acids is 1. The zero-order valence-corrected chi connectivity index (χ0v) is 5.46. The van der Waals surface area contributed by atoms with Crippen LogP contribution in [0.5, 0.6) is 0 Å². The van der Waals surface area contributed by atoms with Crippen molar-refractivity contribution in [2.24, 2.45) is 11.7 Å². The van der Waals surface area contributed by atoms with Crippen molar-refractivity contribution in [3.05, 3.63) is 0 Å². The van der Waals surface area contributed by atoms with Crippen LogP contribution in [0.15, 0.2) is 0 Å². The van der Waals surface area contributed by atoms with Gasteiger partial charge in [-0.15, -0.1) is 0 Å². The third-order valence-corrected chi connectivity index (χ3v) is 1.64. The second-order valence-corrected chi connectivity index (χ2v) is 2.53. The third-order valence-electron chi connectivity index (χ3n) is 1.64. The largest absolute Gasteiger partial charge is 0.465 e.